The molecule has 0 aliphatic carbocycles. The van der Waals surface area contributed by atoms with Gasteiger partial charge in [0.2, 0.25) is 11.8 Å². The van der Waals surface area contributed by atoms with Gasteiger partial charge in [0.15, 0.2) is 11.4 Å². The van der Waals surface area contributed by atoms with E-state index < -0.39 is 0 Å². The molecule has 2 aromatic carbocycles. The van der Waals surface area contributed by atoms with Gasteiger partial charge in [-0.15, -0.1) is 10.2 Å². The van der Waals surface area contributed by atoms with Crippen molar-refractivity contribution in [1.29, 1.82) is 0 Å². The molecule has 0 radical (unpaired) electrons. The van der Waals surface area contributed by atoms with E-state index in [-0.39, 0.29) is 35.4 Å². The van der Waals surface area contributed by atoms with Gasteiger partial charge in [0.25, 0.3) is 5.91 Å². The van der Waals surface area contributed by atoms with Crippen LogP contribution < -0.4 is 5.32 Å². The first-order chi connectivity index (χ1) is 20.7. The minimum absolute atomic E-state index is 0.0452. The van der Waals surface area contributed by atoms with E-state index in [0.717, 1.165) is 5.56 Å². The number of hydrogen-bond acceptors (Lipinski definition) is 9. The molecule has 1 saturated heterocycles. The van der Waals surface area contributed by atoms with Crippen molar-refractivity contribution in [2.45, 2.75) is 32.9 Å². The number of nitrogens with zero attached hydrogens (tertiary/aromatic N) is 8. The summed E-state index contributed by atoms with van der Waals surface area (Å²) in [5.74, 6) is 0.173. The number of amides is 2. The molecule has 6 rings (SSSR count). The Morgan fingerprint density at radius 1 is 1.00 bits per heavy atom. The number of tetrazole rings is 1. The minimum Gasteiger partial charge on any atom is -0.436 e. The zero-order chi connectivity index (χ0) is 30.1. The molecule has 43 heavy (non-hydrogen) atoms. The number of hydrogen-bond donors (Lipinski definition) is 1. The van der Waals surface area contributed by atoms with Crippen molar-refractivity contribution in [3.8, 4) is 11.5 Å². The van der Waals surface area contributed by atoms with Crippen molar-refractivity contribution < 1.29 is 18.4 Å². The van der Waals surface area contributed by atoms with Gasteiger partial charge in [-0.25, -0.2) is 9.37 Å². The summed E-state index contributed by atoms with van der Waals surface area (Å²) in [5.41, 5.74) is 3.51. The summed E-state index contributed by atoms with van der Waals surface area (Å²) < 4.78 is 19.6. The van der Waals surface area contributed by atoms with E-state index in [4.69, 9.17) is 4.42 Å². The molecule has 220 valence electrons. The molecule has 12 nitrogen and oxygen atoms in total. The van der Waals surface area contributed by atoms with Gasteiger partial charge in [0.05, 0.1) is 12.1 Å². The highest BCUT2D eigenvalue weighted by Crippen LogP contribution is 2.29. The van der Waals surface area contributed by atoms with Crippen LogP contribution in [0.3, 0.4) is 0 Å². The van der Waals surface area contributed by atoms with E-state index in [1.165, 1.54) is 19.1 Å². The lowest BCUT2D eigenvalue weighted by atomic mass is 10.0. The van der Waals surface area contributed by atoms with E-state index in [9.17, 15) is 14.0 Å². The highest BCUT2D eigenvalue weighted by atomic mass is 19.1. The average molecular weight is 584 g/mol. The summed E-state index contributed by atoms with van der Waals surface area (Å²) in [6.45, 7) is 7.39. The number of carbonyl (C=O) groups excluding carboxylic acids is 2. The molecule has 13 heteroatoms. The Labute approximate surface area is 246 Å². The summed E-state index contributed by atoms with van der Waals surface area (Å²) >= 11 is 0. The van der Waals surface area contributed by atoms with Crippen LogP contribution in [0.2, 0.25) is 0 Å². The highest BCUT2D eigenvalue weighted by Gasteiger charge is 2.32. The van der Waals surface area contributed by atoms with Gasteiger partial charge in [0, 0.05) is 50.6 Å². The first-order valence-corrected chi connectivity index (χ1v) is 14.0. The van der Waals surface area contributed by atoms with Crippen molar-refractivity contribution in [1.82, 2.24) is 40.0 Å². The van der Waals surface area contributed by atoms with Crippen LogP contribution in [0.15, 0.2) is 65.2 Å². The fourth-order valence-electron chi connectivity index (χ4n) is 5.09. The second-order valence-corrected chi connectivity index (χ2v) is 10.7. The van der Waals surface area contributed by atoms with Crippen molar-refractivity contribution in [3.63, 3.8) is 0 Å². The fraction of sp³-hybridized carbons (Fsp3) is 0.300. The Balaban J connectivity index is 1.18. The Morgan fingerprint density at radius 3 is 2.47 bits per heavy atom. The number of fused-ring (bicyclic) bond motifs is 1. The Bertz CT molecular complexity index is 1780. The van der Waals surface area contributed by atoms with Crippen molar-refractivity contribution >= 4 is 28.6 Å². The van der Waals surface area contributed by atoms with Gasteiger partial charge in [-0.2, -0.15) is 4.80 Å². The van der Waals surface area contributed by atoms with Crippen LogP contribution >= 0.6 is 0 Å². The van der Waals surface area contributed by atoms with Crippen molar-refractivity contribution in [2.75, 3.05) is 31.5 Å². The maximum absolute atomic E-state index is 13.7. The summed E-state index contributed by atoms with van der Waals surface area (Å²) in [4.78, 5) is 39.3. The first kappa shape index (κ1) is 28.1. The predicted molar refractivity (Wildman–Crippen MR) is 155 cm³/mol. The molecule has 0 bridgehead atoms. The molecule has 1 N–H and O–H groups in total. The number of oxazole rings is 1. The lowest BCUT2D eigenvalue weighted by Gasteiger charge is -2.38. The van der Waals surface area contributed by atoms with Gasteiger partial charge in [-0.05, 0) is 67.1 Å². The maximum Gasteiger partial charge on any atom is 0.272 e. The fourth-order valence-corrected chi connectivity index (χ4v) is 5.09. The van der Waals surface area contributed by atoms with Crippen LogP contribution in [0, 0.1) is 5.82 Å². The largest absolute Gasteiger partial charge is 0.436 e. The number of benzene rings is 2. The van der Waals surface area contributed by atoms with Crippen LogP contribution in [0.4, 0.5) is 10.1 Å². The average Bonchev–Trinajstić information content (AvgIpc) is 3.66. The molecule has 2 amide bonds. The lowest BCUT2D eigenvalue weighted by molar-refractivity contribution is -0.114. The third kappa shape index (κ3) is 5.97. The minimum atomic E-state index is -0.336. The van der Waals surface area contributed by atoms with Gasteiger partial charge < -0.3 is 14.6 Å². The number of piperazine rings is 1. The third-order valence-electron chi connectivity index (χ3n) is 7.24. The van der Waals surface area contributed by atoms with Gasteiger partial charge >= 0.3 is 0 Å². The highest BCUT2D eigenvalue weighted by molar-refractivity contribution is 5.94. The number of rotatable bonds is 7. The quantitative estimate of drug-likeness (QED) is 0.300. The molecule has 1 aliphatic rings. The SMILES string of the molecule is CC(=O)Nc1ccc2oc(-c3ccnc(C(=O)N4CCN([C@H](c5ccc(F)cc5)c5nnn(C(C)C)n5)CC4)c3)nc2c1. The molecular formula is C30H30FN9O3. The molecule has 1 aliphatic heterocycles. The molecule has 3 aromatic heterocycles. The number of carbonyl (C=O) groups is 2. The van der Waals surface area contributed by atoms with Crippen molar-refractivity contribution in [2.24, 2.45) is 0 Å². The third-order valence-corrected chi connectivity index (χ3v) is 7.24. The van der Waals surface area contributed by atoms with E-state index in [0.29, 0.717) is 60.2 Å². The number of pyridine rings is 1. The van der Waals surface area contributed by atoms with E-state index in [2.05, 4.69) is 35.6 Å². The van der Waals surface area contributed by atoms with Crippen molar-refractivity contribution in [3.05, 3.63) is 83.7 Å². The predicted octanol–water partition coefficient (Wildman–Crippen LogP) is 4.10. The van der Waals surface area contributed by atoms with Crippen LogP contribution in [-0.2, 0) is 4.79 Å². The molecule has 5 aromatic rings. The molecule has 1 atom stereocenters. The number of aromatic nitrogens is 6. The number of halogens is 1. The Kier molecular flexibility index (Phi) is 7.63. The normalized spacial score (nSPS) is 14.8. The van der Waals surface area contributed by atoms with Crippen LogP contribution in [0.1, 0.15) is 54.7 Å². The first-order valence-electron chi connectivity index (χ1n) is 14.0. The number of nitrogens with one attached hydrogen (secondary N) is 1. The van der Waals surface area contributed by atoms with E-state index in [1.54, 1.807) is 58.4 Å². The smallest absolute Gasteiger partial charge is 0.272 e. The summed E-state index contributed by atoms with van der Waals surface area (Å²) in [6.07, 6.45) is 1.56. The number of anilines is 1. The van der Waals surface area contributed by atoms with Gasteiger partial charge in [0.1, 0.15) is 17.0 Å². The summed E-state index contributed by atoms with van der Waals surface area (Å²) in [7, 11) is 0. The van der Waals surface area contributed by atoms with Gasteiger partial charge in [-0.3, -0.25) is 19.5 Å². The molecule has 0 unspecified atom stereocenters. The van der Waals surface area contributed by atoms with E-state index >= 15 is 0 Å². The lowest BCUT2D eigenvalue weighted by Crippen LogP contribution is -2.50. The van der Waals surface area contributed by atoms with E-state index in [1.807, 2.05) is 13.8 Å². The summed E-state index contributed by atoms with van der Waals surface area (Å²) in [5, 5.41) is 15.8. The standard InChI is InChI=1S/C30H30FN9O3/c1-18(2)40-36-28(35-37-40)27(20-4-6-22(31)7-5-20)38-12-14-39(15-13-38)30(42)25-16-21(10-11-32-25)29-34-24-17-23(33-19(3)41)8-9-26(24)43-29/h4-11,16-18,27H,12-15H2,1-3H3,(H,33,41)/t27-/m1/s1. The second-order valence-electron chi connectivity index (χ2n) is 10.7. The van der Waals surface area contributed by atoms with Gasteiger partial charge in [-0.1, -0.05) is 12.1 Å². The molecular weight excluding hydrogens is 553 g/mol. The molecule has 1 fully saturated rings. The molecule has 0 saturated carbocycles. The topological polar surface area (TPSA) is 135 Å². The second kappa shape index (κ2) is 11.7. The Hall–Kier alpha value is -5.04. The monoisotopic (exact) mass is 583 g/mol. The summed E-state index contributed by atoms with van der Waals surface area (Å²) in [6, 6.07) is 14.6. The van der Waals surface area contributed by atoms with Crippen LogP contribution in [-0.4, -0.2) is 78.0 Å². The Morgan fingerprint density at radius 2 is 1.77 bits per heavy atom. The zero-order valence-corrected chi connectivity index (χ0v) is 23.9. The maximum atomic E-state index is 13.7. The van der Waals surface area contributed by atoms with Crippen LogP contribution in [0.25, 0.3) is 22.6 Å². The zero-order valence-electron chi connectivity index (χ0n) is 23.9. The van der Waals surface area contributed by atoms with Crippen LogP contribution in [0.5, 0.6) is 0 Å². The molecule has 4 heterocycles. The molecule has 0 spiro atoms.